The van der Waals surface area contributed by atoms with Crippen molar-refractivity contribution in [3.8, 4) is 5.75 Å². The van der Waals surface area contributed by atoms with Gasteiger partial charge in [0.05, 0.1) is 18.4 Å². The number of carbonyl (C=O) groups excluding carboxylic acids is 3. The van der Waals surface area contributed by atoms with Gasteiger partial charge in [-0.15, -0.1) is 0 Å². The van der Waals surface area contributed by atoms with Crippen LogP contribution < -0.4 is 15.0 Å². The maximum Gasteiger partial charge on any atom is 0.332 e. The first kappa shape index (κ1) is 26.8. The van der Waals surface area contributed by atoms with Gasteiger partial charge in [0.25, 0.3) is 11.8 Å². The fourth-order valence-electron chi connectivity index (χ4n) is 6.17. The average Bonchev–Trinajstić information content (AvgIpc) is 3.53. The zero-order valence-electron chi connectivity index (χ0n) is 23.2. The first-order chi connectivity index (χ1) is 20.9. The van der Waals surface area contributed by atoms with Crippen LogP contribution in [0.1, 0.15) is 38.8 Å². The molecule has 1 fully saturated rings. The quantitative estimate of drug-likeness (QED) is 0.229. The zero-order valence-corrected chi connectivity index (χ0v) is 24.0. The first-order valence-electron chi connectivity index (χ1n) is 14.0. The van der Waals surface area contributed by atoms with Crippen LogP contribution in [0.15, 0.2) is 97.1 Å². The molecule has 0 aliphatic carbocycles. The molecule has 9 heteroatoms. The Bertz CT molecular complexity index is 1880. The highest BCUT2D eigenvalue weighted by molar-refractivity contribution is 6.30. The SMILES string of the molecule is COc1ccc([C@H]2c3[nH]c4ccccc4c3C[C@H]3C(=O)N(c4ccccc4C(=O)NCc4ccc(Cl)cc4)C(=O)N23)cc1. The van der Waals surface area contributed by atoms with Crippen molar-refractivity contribution in [1.82, 2.24) is 15.2 Å². The van der Waals surface area contributed by atoms with Gasteiger partial charge in [-0.1, -0.05) is 66.2 Å². The summed E-state index contributed by atoms with van der Waals surface area (Å²) in [6, 6.07) is 27.6. The number of methoxy groups -OCH3 is 1. The van der Waals surface area contributed by atoms with E-state index in [1.54, 1.807) is 48.4 Å². The number of amides is 4. The molecule has 7 rings (SSSR count). The van der Waals surface area contributed by atoms with E-state index >= 15 is 0 Å². The fraction of sp³-hybridized carbons (Fsp3) is 0.147. The van der Waals surface area contributed by atoms with Crippen molar-refractivity contribution in [2.75, 3.05) is 12.0 Å². The number of carbonyl (C=O) groups is 3. The number of nitrogens with zero attached hydrogens (tertiary/aromatic N) is 2. The summed E-state index contributed by atoms with van der Waals surface area (Å²) in [4.78, 5) is 48.2. The lowest BCUT2D eigenvalue weighted by Gasteiger charge is -2.36. The number of hydrogen-bond donors (Lipinski definition) is 2. The van der Waals surface area contributed by atoms with Gasteiger partial charge in [-0.2, -0.15) is 0 Å². The van der Waals surface area contributed by atoms with Gasteiger partial charge in [-0.25, -0.2) is 9.69 Å². The number of urea groups is 1. The number of imide groups is 1. The molecule has 0 saturated carbocycles. The predicted octanol–water partition coefficient (Wildman–Crippen LogP) is 6.24. The van der Waals surface area contributed by atoms with Crippen LogP contribution in [0.2, 0.25) is 5.02 Å². The van der Waals surface area contributed by atoms with E-state index in [-0.39, 0.29) is 29.6 Å². The molecular weight excluding hydrogens is 564 g/mol. The molecule has 4 amide bonds. The second kappa shape index (κ2) is 10.6. The van der Waals surface area contributed by atoms with Crippen LogP contribution in [-0.2, 0) is 17.8 Å². The average molecular weight is 591 g/mol. The molecule has 0 bridgehead atoms. The second-order valence-electron chi connectivity index (χ2n) is 10.6. The zero-order chi connectivity index (χ0) is 29.7. The molecular formula is C34H27ClN4O4. The molecule has 0 radical (unpaired) electrons. The van der Waals surface area contributed by atoms with Crippen molar-refractivity contribution in [3.05, 3.63) is 130 Å². The number of ether oxygens (including phenoxy) is 1. The van der Waals surface area contributed by atoms with Crippen molar-refractivity contribution < 1.29 is 19.1 Å². The second-order valence-corrected chi connectivity index (χ2v) is 11.1. The third-order valence-corrected chi connectivity index (χ3v) is 8.49. The fourth-order valence-corrected chi connectivity index (χ4v) is 6.30. The van der Waals surface area contributed by atoms with Gasteiger partial charge >= 0.3 is 6.03 Å². The number of H-pyrrole nitrogens is 1. The van der Waals surface area contributed by atoms with Crippen LogP contribution in [0.25, 0.3) is 10.9 Å². The lowest BCUT2D eigenvalue weighted by molar-refractivity contribution is -0.120. The van der Waals surface area contributed by atoms with Crippen LogP contribution in [0.4, 0.5) is 10.5 Å². The van der Waals surface area contributed by atoms with Gasteiger partial charge in [0.2, 0.25) is 0 Å². The maximum atomic E-state index is 14.3. The Labute approximate surface area is 252 Å². The molecule has 0 spiro atoms. The Morgan fingerprint density at radius 3 is 2.44 bits per heavy atom. The first-order valence-corrected chi connectivity index (χ1v) is 14.3. The van der Waals surface area contributed by atoms with Crippen molar-refractivity contribution >= 4 is 46.0 Å². The number of rotatable bonds is 6. The van der Waals surface area contributed by atoms with Gasteiger partial charge in [0.1, 0.15) is 17.8 Å². The molecule has 2 aliphatic heterocycles. The number of hydrogen-bond acceptors (Lipinski definition) is 4. The highest BCUT2D eigenvalue weighted by atomic mass is 35.5. The number of halogens is 1. The van der Waals surface area contributed by atoms with Gasteiger partial charge in [0, 0.05) is 34.6 Å². The molecule has 2 aliphatic rings. The number of aromatic amines is 1. The Hall–Kier alpha value is -5.08. The summed E-state index contributed by atoms with van der Waals surface area (Å²) in [6.45, 7) is 0.266. The minimum absolute atomic E-state index is 0.239. The number of aromatic nitrogens is 1. The lowest BCUT2D eigenvalue weighted by Crippen LogP contribution is -2.44. The molecule has 4 aromatic carbocycles. The third kappa shape index (κ3) is 4.51. The third-order valence-electron chi connectivity index (χ3n) is 8.24. The molecule has 1 aromatic heterocycles. The van der Waals surface area contributed by atoms with Crippen LogP contribution in [0.5, 0.6) is 5.75 Å². The van der Waals surface area contributed by atoms with Crippen LogP contribution >= 0.6 is 11.6 Å². The summed E-state index contributed by atoms with van der Waals surface area (Å²) in [7, 11) is 1.60. The summed E-state index contributed by atoms with van der Waals surface area (Å²) in [6.07, 6.45) is 0.359. The largest absolute Gasteiger partial charge is 0.497 e. The monoisotopic (exact) mass is 590 g/mol. The molecule has 8 nitrogen and oxygen atoms in total. The van der Waals surface area contributed by atoms with Gasteiger partial charge in [0.15, 0.2) is 0 Å². The smallest absolute Gasteiger partial charge is 0.332 e. The van der Waals surface area contributed by atoms with E-state index < -0.39 is 18.1 Å². The van der Waals surface area contributed by atoms with Crippen LogP contribution in [-0.4, -0.2) is 40.9 Å². The molecule has 2 N–H and O–H groups in total. The van der Waals surface area contributed by atoms with Crippen LogP contribution in [0.3, 0.4) is 0 Å². The highest BCUT2D eigenvalue weighted by Gasteiger charge is 2.53. The predicted molar refractivity (Wildman–Crippen MR) is 164 cm³/mol. The number of benzene rings is 4. The van der Waals surface area contributed by atoms with E-state index in [1.807, 2.05) is 60.7 Å². The summed E-state index contributed by atoms with van der Waals surface area (Å²) in [5.74, 6) is -0.0618. The molecule has 0 unspecified atom stereocenters. The van der Waals surface area contributed by atoms with Crippen molar-refractivity contribution in [2.45, 2.75) is 25.0 Å². The highest BCUT2D eigenvalue weighted by Crippen LogP contribution is 2.45. The molecule has 214 valence electrons. The summed E-state index contributed by atoms with van der Waals surface area (Å²) in [5.41, 5.74) is 5.04. The van der Waals surface area contributed by atoms with E-state index in [2.05, 4.69) is 10.3 Å². The molecule has 3 heterocycles. The van der Waals surface area contributed by atoms with E-state index in [4.69, 9.17) is 16.3 Å². The van der Waals surface area contributed by atoms with Crippen molar-refractivity contribution in [2.24, 2.45) is 0 Å². The Balaban J connectivity index is 1.27. The maximum absolute atomic E-state index is 14.3. The van der Waals surface area contributed by atoms with E-state index in [1.165, 1.54) is 0 Å². The molecule has 1 saturated heterocycles. The summed E-state index contributed by atoms with van der Waals surface area (Å²) < 4.78 is 5.37. The van der Waals surface area contributed by atoms with Crippen molar-refractivity contribution in [1.29, 1.82) is 0 Å². The van der Waals surface area contributed by atoms with Gasteiger partial charge in [-0.3, -0.25) is 14.5 Å². The standard InChI is InChI=1S/C34H27ClN4O4/c1-43-23-16-12-21(13-17-23)31-30-26(24-6-2-4-8-27(24)37-30)18-29-33(41)39(34(42)38(29)31)28-9-5-3-7-25(28)32(40)36-19-20-10-14-22(35)15-11-20/h2-17,29,31,37H,18-19H2,1H3,(H,36,40)/t29-,31-/m0/s1. The van der Waals surface area contributed by atoms with Gasteiger partial charge < -0.3 is 15.0 Å². The van der Waals surface area contributed by atoms with E-state index in [0.29, 0.717) is 17.2 Å². The Morgan fingerprint density at radius 2 is 1.67 bits per heavy atom. The normalized spacial score (nSPS) is 17.6. The minimum Gasteiger partial charge on any atom is -0.497 e. The number of para-hydroxylation sites is 2. The topological polar surface area (TPSA) is 94.7 Å². The summed E-state index contributed by atoms with van der Waals surface area (Å²) >= 11 is 5.99. The Morgan fingerprint density at radius 1 is 0.953 bits per heavy atom. The van der Waals surface area contributed by atoms with Crippen LogP contribution in [0, 0.1) is 0 Å². The Kier molecular flexibility index (Phi) is 6.63. The lowest BCUT2D eigenvalue weighted by atomic mass is 9.89. The minimum atomic E-state index is -0.739. The molecule has 2 atom stereocenters. The summed E-state index contributed by atoms with van der Waals surface area (Å²) in [5, 5.41) is 4.54. The number of fused-ring (bicyclic) bond motifs is 4. The van der Waals surface area contributed by atoms with E-state index in [0.717, 1.165) is 38.2 Å². The molecule has 5 aromatic rings. The molecule has 43 heavy (non-hydrogen) atoms. The van der Waals surface area contributed by atoms with Crippen molar-refractivity contribution in [3.63, 3.8) is 0 Å². The number of anilines is 1. The number of nitrogens with one attached hydrogen (secondary N) is 2. The van der Waals surface area contributed by atoms with E-state index in [9.17, 15) is 14.4 Å². The van der Waals surface area contributed by atoms with Gasteiger partial charge in [-0.05, 0) is 59.2 Å².